The van der Waals surface area contributed by atoms with E-state index in [0.717, 1.165) is 12.8 Å². The highest BCUT2D eigenvalue weighted by atomic mass is 16.8. The van der Waals surface area contributed by atoms with Crippen molar-refractivity contribution in [3.63, 3.8) is 0 Å². The Balaban J connectivity index is 2.22. The molecule has 1 N–H and O–H groups in total. The minimum absolute atomic E-state index is 0.194. The first kappa shape index (κ1) is 18.2. The maximum absolute atomic E-state index is 13.2. The lowest BCUT2D eigenvalue weighted by Gasteiger charge is -2.64. The lowest BCUT2D eigenvalue weighted by Crippen LogP contribution is -2.78. The molecule has 140 valence electrons. The van der Waals surface area contributed by atoms with E-state index in [0.29, 0.717) is 6.42 Å². The second kappa shape index (κ2) is 5.19. The van der Waals surface area contributed by atoms with E-state index in [4.69, 9.17) is 14.2 Å². The Hall–Kier alpha value is -1.63. The van der Waals surface area contributed by atoms with Gasteiger partial charge in [-0.2, -0.15) is 0 Å². The van der Waals surface area contributed by atoms with Gasteiger partial charge in [0.05, 0.1) is 0 Å². The quantitative estimate of drug-likeness (QED) is 0.719. The van der Waals surface area contributed by atoms with Crippen LogP contribution in [0.2, 0.25) is 0 Å². The van der Waals surface area contributed by atoms with Crippen LogP contribution in [0.15, 0.2) is 0 Å². The Morgan fingerprint density at radius 1 is 1.20 bits per heavy atom. The molecule has 1 saturated heterocycles. The SMILES string of the molecule is CC(=O)O[C@@H]1C(=O)[C@@](C)(O)[C@]2(COC(=O)O2)[C@@]2(C)CCCC(C)(C)[C@H]12. The second-order valence-electron chi connectivity index (χ2n) is 8.67. The van der Waals surface area contributed by atoms with Gasteiger partial charge in [-0.25, -0.2) is 4.79 Å². The molecule has 2 saturated carbocycles. The van der Waals surface area contributed by atoms with E-state index in [2.05, 4.69) is 0 Å². The highest BCUT2D eigenvalue weighted by Crippen LogP contribution is 2.65. The minimum atomic E-state index is -2.02. The summed E-state index contributed by atoms with van der Waals surface area (Å²) in [6.45, 7) is 8.32. The van der Waals surface area contributed by atoms with Crippen LogP contribution in [0.3, 0.4) is 0 Å². The molecule has 0 aromatic heterocycles. The third-order valence-corrected chi connectivity index (χ3v) is 6.74. The molecule has 3 aliphatic rings. The minimum Gasteiger partial charge on any atom is -0.454 e. The maximum Gasteiger partial charge on any atom is 0.509 e. The van der Waals surface area contributed by atoms with Gasteiger partial charge < -0.3 is 19.3 Å². The molecule has 1 heterocycles. The summed E-state index contributed by atoms with van der Waals surface area (Å²) >= 11 is 0. The standard InChI is InChI=1S/C18H26O7/c1-10(19)24-11-12-15(2,3)7-6-8-16(12,4)18(9-23-14(21)25-18)17(5,22)13(11)20/h11-12,22H,6-9H2,1-5H3/t11-,12-,16-,17+,18-/m0/s1. The summed E-state index contributed by atoms with van der Waals surface area (Å²) in [7, 11) is 0. The third kappa shape index (κ3) is 2.17. The van der Waals surface area contributed by atoms with Crippen LogP contribution in [-0.4, -0.2) is 46.9 Å². The van der Waals surface area contributed by atoms with Crippen LogP contribution >= 0.6 is 0 Å². The van der Waals surface area contributed by atoms with Crippen molar-refractivity contribution < 1.29 is 33.7 Å². The predicted octanol–water partition coefficient (Wildman–Crippen LogP) is 1.99. The van der Waals surface area contributed by atoms with Crippen molar-refractivity contribution in [1.82, 2.24) is 0 Å². The number of esters is 1. The molecule has 7 heteroatoms. The van der Waals surface area contributed by atoms with Crippen molar-refractivity contribution >= 4 is 17.9 Å². The molecule has 0 radical (unpaired) electrons. The number of ketones is 1. The smallest absolute Gasteiger partial charge is 0.454 e. The van der Waals surface area contributed by atoms with Crippen molar-refractivity contribution in [2.75, 3.05) is 6.61 Å². The average Bonchev–Trinajstić information content (AvgIpc) is 2.87. The number of aliphatic hydroxyl groups is 1. The second-order valence-corrected chi connectivity index (χ2v) is 8.67. The molecule has 5 atom stereocenters. The van der Waals surface area contributed by atoms with Gasteiger partial charge in [0.1, 0.15) is 6.61 Å². The summed E-state index contributed by atoms with van der Waals surface area (Å²) in [5.41, 5.74) is -4.63. The van der Waals surface area contributed by atoms with Crippen LogP contribution in [0.25, 0.3) is 0 Å². The molecular weight excluding hydrogens is 328 g/mol. The van der Waals surface area contributed by atoms with Crippen LogP contribution in [0.4, 0.5) is 4.79 Å². The van der Waals surface area contributed by atoms with Gasteiger partial charge in [-0.05, 0) is 25.2 Å². The average molecular weight is 354 g/mol. The van der Waals surface area contributed by atoms with Crippen LogP contribution in [0, 0.1) is 16.7 Å². The summed E-state index contributed by atoms with van der Waals surface area (Å²) in [4.78, 5) is 36.6. The number of hydrogen-bond acceptors (Lipinski definition) is 7. The maximum atomic E-state index is 13.2. The lowest BCUT2D eigenvalue weighted by atomic mass is 9.42. The fourth-order valence-corrected chi connectivity index (χ4v) is 5.65. The van der Waals surface area contributed by atoms with Gasteiger partial charge in [0.25, 0.3) is 0 Å². The van der Waals surface area contributed by atoms with E-state index in [9.17, 15) is 19.5 Å². The number of ether oxygens (including phenoxy) is 3. The molecule has 3 fully saturated rings. The van der Waals surface area contributed by atoms with Crippen molar-refractivity contribution in [1.29, 1.82) is 0 Å². The molecule has 1 aliphatic heterocycles. The van der Waals surface area contributed by atoms with Gasteiger partial charge in [0.15, 0.2) is 17.3 Å². The Kier molecular flexibility index (Phi) is 3.77. The number of cyclic esters (lactones) is 1. The largest absolute Gasteiger partial charge is 0.509 e. The Morgan fingerprint density at radius 2 is 1.84 bits per heavy atom. The van der Waals surface area contributed by atoms with Gasteiger partial charge in [-0.1, -0.05) is 27.2 Å². The molecule has 0 aromatic carbocycles. The van der Waals surface area contributed by atoms with Gasteiger partial charge in [-0.3, -0.25) is 9.59 Å². The molecule has 3 rings (SSSR count). The first-order chi connectivity index (χ1) is 11.4. The van der Waals surface area contributed by atoms with E-state index >= 15 is 0 Å². The number of rotatable bonds is 1. The van der Waals surface area contributed by atoms with Gasteiger partial charge in [-0.15, -0.1) is 0 Å². The molecule has 2 aliphatic carbocycles. The Bertz CT molecular complexity index is 637. The van der Waals surface area contributed by atoms with Crippen molar-refractivity contribution in [2.45, 2.75) is 71.2 Å². The number of hydrogen-bond donors (Lipinski definition) is 1. The van der Waals surface area contributed by atoms with Gasteiger partial charge in [0.2, 0.25) is 5.78 Å². The van der Waals surface area contributed by atoms with E-state index in [1.807, 2.05) is 20.8 Å². The van der Waals surface area contributed by atoms with E-state index < -0.39 is 46.5 Å². The third-order valence-electron chi connectivity index (χ3n) is 6.74. The Morgan fingerprint density at radius 3 is 2.36 bits per heavy atom. The summed E-state index contributed by atoms with van der Waals surface area (Å²) in [5.74, 6) is -1.62. The van der Waals surface area contributed by atoms with Crippen LogP contribution in [0.5, 0.6) is 0 Å². The highest BCUT2D eigenvalue weighted by molar-refractivity contribution is 5.96. The lowest BCUT2D eigenvalue weighted by molar-refractivity contribution is -0.265. The molecular formula is C18H26O7. The zero-order valence-corrected chi connectivity index (χ0v) is 15.4. The van der Waals surface area contributed by atoms with Gasteiger partial charge >= 0.3 is 12.1 Å². The molecule has 7 nitrogen and oxygen atoms in total. The van der Waals surface area contributed by atoms with Gasteiger partial charge in [0, 0.05) is 18.3 Å². The van der Waals surface area contributed by atoms with E-state index in [-0.39, 0.29) is 12.0 Å². The monoisotopic (exact) mass is 354 g/mol. The molecule has 0 unspecified atom stereocenters. The first-order valence-electron chi connectivity index (χ1n) is 8.69. The fourth-order valence-electron chi connectivity index (χ4n) is 5.65. The van der Waals surface area contributed by atoms with Crippen molar-refractivity contribution in [3.05, 3.63) is 0 Å². The molecule has 25 heavy (non-hydrogen) atoms. The normalized spacial score (nSPS) is 45.5. The molecule has 0 aromatic rings. The van der Waals surface area contributed by atoms with Crippen LogP contribution in [-0.2, 0) is 23.8 Å². The number of Topliss-reactive ketones (excluding diaryl/α,β-unsaturated/α-hetero) is 1. The summed E-state index contributed by atoms with van der Waals surface area (Å²) in [5, 5.41) is 11.2. The topological polar surface area (TPSA) is 99.1 Å². The first-order valence-corrected chi connectivity index (χ1v) is 8.69. The predicted molar refractivity (Wildman–Crippen MR) is 85.6 cm³/mol. The summed E-state index contributed by atoms with van der Waals surface area (Å²) in [6.07, 6.45) is 0.334. The number of carbonyl (C=O) groups is 3. The zero-order chi connectivity index (χ0) is 18.8. The fraction of sp³-hybridized carbons (Fsp3) is 0.833. The highest BCUT2D eigenvalue weighted by Gasteiger charge is 2.78. The Labute approximate surface area is 147 Å². The van der Waals surface area contributed by atoms with E-state index in [1.165, 1.54) is 13.8 Å². The number of carbonyl (C=O) groups excluding carboxylic acids is 3. The van der Waals surface area contributed by atoms with Crippen LogP contribution in [0.1, 0.15) is 53.9 Å². The van der Waals surface area contributed by atoms with Crippen LogP contribution < -0.4 is 0 Å². The summed E-state index contributed by atoms with van der Waals surface area (Å²) in [6, 6.07) is 0. The molecule has 1 spiro atoms. The van der Waals surface area contributed by atoms with Crippen molar-refractivity contribution in [3.8, 4) is 0 Å². The van der Waals surface area contributed by atoms with E-state index in [1.54, 1.807) is 0 Å². The number of fused-ring (bicyclic) bond motifs is 2. The summed E-state index contributed by atoms with van der Waals surface area (Å²) < 4.78 is 16.0. The molecule has 0 bridgehead atoms. The molecule has 0 amide bonds. The zero-order valence-electron chi connectivity index (χ0n) is 15.4. The van der Waals surface area contributed by atoms with Crippen molar-refractivity contribution in [2.24, 2.45) is 16.7 Å².